The molecule has 20 heavy (non-hydrogen) atoms. The van der Waals surface area contributed by atoms with Crippen LogP contribution in [0.5, 0.6) is 5.75 Å². The van der Waals surface area contributed by atoms with E-state index in [4.69, 9.17) is 9.47 Å². The van der Waals surface area contributed by atoms with Gasteiger partial charge in [0.05, 0.1) is 7.11 Å². The van der Waals surface area contributed by atoms with Crippen molar-refractivity contribution in [1.29, 1.82) is 0 Å². The van der Waals surface area contributed by atoms with E-state index in [0.717, 1.165) is 12.8 Å². The highest BCUT2D eigenvalue weighted by Crippen LogP contribution is 2.19. The van der Waals surface area contributed by atoms with Gasteiger partial charge in [0.25, 0.3) is 0 Å². The van der Waals surface area contributed by atoms with Gasteiger partial charge in [-0.15, -0.1) is 0 Å². The Balaban J connectivity index is 2.67. The van der Waals surface area contributed by atoms with Crippen molar-refractivity contribution in [3.63, 3.8) is 0 Å². The molecule has 0 fully saturated rings. The number of esters is 1. The summed E-state index contributed by atoms with van der Waals surface area (Å²) in [6.45, 7) is 3.50. The zero-order chi connectivity index (χ0) is 15.0. The lowest BCUT2D eigenvalue weighted by atomic mass is 10.1. The monoisotopic (exact) mass is 279 g/mol. The standard InChI is InChI=1S/C15H21NO4/c1-4-5-6-14(15(18)19-3)20-13-9-7-12(8-10-13)16-11(2)17/h7-10,14H,4-6H2,1-3H3,(H,16,17). The molecule has 1 rings (SSSR count). The number of methoxy groups -OCH3 is 1. The van der Waals surface area contributed by atoms with Crippen LogP contribution in [-0.2, 0) is 14.3 Å². The molecular formula is C15H21NO4. The van der Waals surface area contributed by atoms with Crippen molar-refractivity contribution in [3.8, 4) is 5.75 Å². The van der Waals surface area contributed by atoms with Crippen LogP contribution in [0.3, 0.4) is 0 Å². The van der Waals surface area contributed by atoms with Gasteiger partial charge in [0, 0.05) is 12.6 Å². The second-order valence-corrected chi connectivity index (χ2v) is 4.48. The molecule has 0 bridgehead atoms. The molecule has 5 nitrogen and oxygen atoms in total. The van der Waals surface area contributed by atoms with Crippen molar-refractivity contribution < 1.29 is 19.1 Å². The van der Waals surface area contributed by atoms with Crippen LogP contribution in [-0.4, -0.2) is 25.1 Å². The first-order valence-electron chi connectivity index (χ1n) is 6.69. The van der Waals surface area contributed by atoms with E-state index in [1.807, 2.05) is 0 Å². The van der Waals surface area contributed by atoms with Crippen molar-refractivity contribution in [1.82, 2.24) is 0 Å². The van der Waals surface area contributed by atoms with E-state index in [1.54, 1.807) is 24.3 Å². The number of hydrogen-bond donors (Lipinski definition) is 1. The average molecular weight is 279 g/mol. The third-order valence-corrected chi connectivity index (χ3v) is 2.74. The van der Waals surface area contributed by atoms with Crippen LogP contribution in [0.25, 0.3) is 0 Å². The average Bonchev–Trinajstić information content (AvgIpc) is 2.43. The molecule has 1 unspecified atom stereocenters. The molecule has 1 amide bonds. The molecule has 1 atom stereocenters. The Morgan fingerprint density at radius 3 is 2.40 bits per heavy atom. The number of ether oxygens (including phenoxy) is 2. The first-order valence-corrected chi connectivity index (χ1v) is 6.69. The minimum absolute atomic E-state index is 0.131. The summed E-state index contributed by atoms with van der Waals surface area (Å²) in [4.78, 5) is 22.5. The van der Waals surface area contributed by atoms with Gasteiger partial charge in [-0.3, -0.25) is 4.79 Å². The first kappa shape index (κ1) is 16.0. The minimum Gasteiger partial charge on any atom is -0.479 e. The molecule has 0 saturated heterocycles. The number of unbranched alkanes of at least 4 members (excludes halogenated alkanes) is 1. The fourth-order valence-electron chi connectivity index (χ4n) is 1.73. The molecule has 1 N–H and O–H groups in total. The van der Waals surface area contributed by atoms with E-state index < -0.39 is 6.10 Å². The van der Waals surface area contributed by atoms with Crippen LogP contribution < -0.4 is 10.1 Å². The summed E-state index contributed by atoms with van der Waals surface area (Å²) in [5.41, 5.74) is 0.688. The molecule has 1 aromatic rings. The third kappa shape index (κ3) is 5.30. The van der Waals surface area contributed by atoms with Gasteiger partial charge < -0.3 is 14.8 Å². The number of hydrogen-bond acceptors (Lipinski definition) is 4. The maximum Gasteiger partial charge on any atom is 0.347 e. The van der Waals surface area contributed by atoms with Crippen LogP contribution in [0.1, 0.15) is 33.1 Å². The van der Waals surface area contributed by atoms with Crippen LogP contribution in [0.2, 0.25) is 0 Å². The van der Waals surface area contributed by atoms with Gasteiger partial charge in [0.2, 0.25) is 5.91 Å². The van der Waals surface area contributed by atoms with Gasteiger partial charge in [-0.25, -0.2) is 4.79 Å². The summed E-state index contributed by atoms with van der Waals surface area (Å²) in [7, 11) is 1.35. The van der Waals surface area contributed by atoms with E-state index in [0.29, 0.717) is 17.9 Å². The molecule has 110 valence electrons. The van der Waals surface area contributed by atoms with Gasteiger partial charge in [-0.1, -0.05) is 13.3 Å². The normalized spacial score (nSPS) is 11.6. The Morgan fingerprint density at radius 1 is 1.25 bits per heavy atom. The molecule has 0 aliphatic rings. The predicted octanol–water partition coefficient (Wildman–Crippen LogP) is 2.76. The van der Waals surface area contributed by atoms with E-state index >= 15 is 0 Å². The molecule has 1 aromatic carbocycles. The highest BCUT2D eigenvalue weighted by molar-refractivity contribution is 5.88. The summed E-state index contributed by atoms with van der Waals surface area (Å²) in [5, 5.41) is 2.67. The Hall–Kier alpha value is -2.04. The van der Waals surface area contributed by atoms with E-state index in [2.05, 4.69) is 12.2 Å². The summed E-state index contributed by atoms with van der Waals surface area (Å²) < 4.78 is 10.4. The fraction of sp³-hybridized carbons (Fsp3) is 0.467. The number of carbonyl (C=O) groups is 2. The van der Waals surface area contributed by atoms with Gasteiger partial charge in [-0.05, 0) is 37.1 Å². The molecule has 0 aromatic heterocycles. The van der Waals surface area contributed by atoms with Gasteiger partial charge in [0.15, 0.2) is 6.10 Å². The second kappa shape index (κ2) is 8.19. The minimum atomic E-state index is -0.591. The lowest BCUT2D eigenvalue weighted by Gasteiger charge is -2.16. The summed E-state index contributed by atoms with van der Waals surface area (Å²) in [5.74, 6) is 0.0732. The predicted molar refractivity (Wildman–Crippen MR) is 76.7 cm³/mol. The van der Waals surface area contributed by atoms with Gasteiger partial charge in [-0.2, -0.15) is 0 Å². The Kier molecular flexibility index (Phi) is 6.56. The number of amides is 1. The van der Waals surface area contributed by atoms with E-state index in [1.165, 1.54) is 14.0 Å². The topological polar surface area (TPSA) is 64.6 Å². The molecule has 0 heterocycles. The highest BCUT2D eigenvalue weighted by Gasteiger charge is 2.20. The molecule has 0 aliphatic carbocycles. The summed E-state index contributed by atoms with van der Waals surface area (Å²) in [6, 6.07) is 6.89. The molecule has 5 heteroatoms. The van der Waals surface area contributed by atoms with E-state index in [-0.39, 0.29) is 11.9 Å². The van der Waals surface area contributed by atoms with Crippen molar-refractivity contribution in [2.24, 2.45) is 0 Å². The van der Waals surface area contributed by atoms with Crippen LogP contribution >= 0.6 is 0 Å². The van der Waals surface area contributed by atoms with Crippen molar-refractivity contribution in [3.05, 3.63) is 24.3 Å². The van der Waals surface area contributed by atoms with Crippen LogP contribution in [0, 0.1) is 0 Å². The molecular weight excluding hydrogens is 258 g/mol. The second-order valence-electron chi connectivity index (χ2n) is 4.48. The molecule has 0 spiro atoms. The van der Waals surface area contributed by atoms with Gasteiger partial charge >= 0.3 is 5.97 Å². The SMILES string of the molecule is CCCCC(Oc1ccc(NC(C)=O)cc1)C(=O)OC. The number of anilines is 1. The maximum atomic E-state index is 11.6. The zero-order valence-electron chi connectivity index (χ0n) is 12.1. The van der Waals surface area contributed by atoms with Crippen LogP contribution in [0.4, 0.5) is 5.69 Å². The van der Waals surface area contributed by atoms with Crippen molar-refractivity contribution in [2.75, 3.05) is 12.4 Å². The Morgan fingerprint density at radius 2 is 1.90 bits per heavy atom. The lowest BCUT2D eigenvalue weighted by molar-refractivity contribution is -0.149. The van der Waals surface area contributed by atoms with Crippen molar-refractivity contribution in [2.45, 2.75) is 39.2 Å². The number of carbonyl (C=O) groups excluding carboxylic acids is 2. The molecule has 0 radical (unpaired) electrons. The summed E-state index contributed by atoms with van der Waals surface area (Å²) in [6.07, 6.45) is 1.91. The third-order valence-electron chi connectivity index (χ3n) is 2.74. The van der Waals surface area contributed by atoms with Gasteiger partial charge in [0.1, 0.15) is 5.75 Å². The number of benzene rings is 1. The van der Waals surface area contributed by atoms with Crippen molar-refractivity contribution >= 4 is 17.6 Å². The lowest BCUT2D eigenvalue weighted by Crippen LogP contribution is -2.28. The Bertz CT molecular complexity index is 442. The number of rotatable bonds is 7. The zero-order valence-corrected chi connectivity index (χ0v) is 12.1. The largest absolute Gasteiger partial charge is 0.479 e. The quantitative estimate of drug-likeness (QED) is 0.779. The Labute approximate surface area is 119 Å². The molecule has 0 saturated carbocycles. The first-order chi connectivity index (χ1) is 9.56. The summed E-state index contributed by atoms with van der Waals surface area (Å²) >= 11 is 0. The maximum absolute atomic E-state index is 11.6. The molecule has 0 aliphatic heterocycles. The van der Waals surface area contributed by atoms with E-state index in [9.17, 15) is 9.59 Å². The van der Waals surface area contributed by atoms with Crippen LogP contribution in [0.15, 0.2) is 24.3 Å². The fourth-order valence-corrected chi connectivity index (χ4v) is 1.73. The highest BCUT2D eigenvalue weighted by atomic mass is 16.6. The smallest absolute Gasteiger partial charge is 0.347 e. The number of nitrogens with one attached hydrogen (secondary N) is 1.